The second-order valence-corrected chi connectivity index (χ2v) is 7.05. The van der Waals surface area contributed by atoms with E-state index in [9.17, 15) is 9.50 Å². The van der Waals surface area contributed by atoms with Crippen LogP contribution < -0.4 is 0 Å². The summed E-state index contributed by atoms with van der Waals surface area (Å²) in [6.45, 7) is 2.39. The van der Waals surface area contributed by atoms with Crippen LogP contribution in [0.2, 0.25) is 0 Å². The van der Waals surface area contributed by atoms with Gasteiger partial charge in [0.2, 0.25) is 0 Å². The third kappa shape index (κ3) is 3.00. The van der Waals surface area contributed by atoms with E-state index in [2.05, 4.69) is 10.1 Å². The van der Waals surface area contributed by atoms with Gasteiger partial charge in [-0.15, -0.1) is 11.6 Å². The summed E-state index contributed by atoms with van der Waals surface area (Å²) in [5.74, 6) is 0.183. The van der Waals surface area contributed by atoms with Crippen LogP contribution in [0.4, 0.5) is 4.39 Å². The first-order valence-electron chi connectivity index (χ1n) is 7.82. The van der Waals surface area contributed by atoms with Crippen molar-refractivity contribution in [2.24, 2.45) is 11.3 Å². The number of rotatable bonds is 5. The van der Waals surface area contributed by atoms with Crippen molar-refractivity contribution in [3.8, 4) is 0 Å². The van der Waals surface area contributed by atoms with E-state index in [1.165, 1.54) is 18.5 Å². The fraction of sp³-hybridized carbons (Fsp3) is 0.529. The molecule has 1 aliphatic rings. The first-order chi connectivity index (χ1) is 11.0. The zero-order valence-electron chi connectivity index (χ0n) is 13.1. The molecule has 1 unspecified atom stereocenters. The van der Waals surface area contributed by atoms with Crippen molar-refractivity contribution in [1.82, 2.24) is 14.8 Å². The quantitative estimate of drug-likeness (QED) is 0.853. The average Bonchev–Trinajstić information content (AvgIpc) is 3.12. The fourth-order valence-electron chi connectivity index (χ4n) is 3.68. The lowest BCUT2D eigenvalue weighted by molar-refractivity contribution is -0.0891. The molecule has 1 aromatic heterocycles. The van der Waals surface area contributed by atoms with Gasteiger partial charge < -0.3 is 5.11 Å². The Bertz CT molecular complexity index is 648. The Morgan fingerprint density at radius 3 is 2.74 bits per heavy atom. The summed E-state index contributed by atoms with van der Waals surface area (Å²) >= 11 is 6.21. The Morgan fingerprint density at radius 1 is 1.39 bits per heavy atom. The van der Waals surface area contributed by atoms with Crippen molar-refractivity contribution in [3.63, 3.8) is 0 Å². The van der Waals surface area contributed by atoms with Crippen LogP contribution in [0.1, 0.15) is 25.3 Å². The molecule has 1 fully saturated rings. The van der Waals surface area contributed by atoms with Gasteiger partial charge in [0.1, 0.15) is 18.5 Å². The Morgan fingerprint density at radius 2 is 2.13 bits per heavy atom. The van der Waals surface area contributed by atoms with E-state index in [1.807, 2.05) is 6.92 Å². The topological polar surface area (TPSA) is 50.9 Å². The summed E-state index contributed by atoms with van der Waals surface area (Å²) in [4.78, 5) is 3.95. The molecular formula is C17H21ClFN3O. The lowest BCUT2D eigenvalue weighted by Crippen LogP contribution is -2.51. The summed E-state index contributed by atoms with van der Waals surface area (Å²) < 4.78 is 14.8. The van der Waals surface area contributed by atoms with Gasteiger partial charge in [-0.25, -0.2) is 9.37 Å². The number of aliphatic hydroxyl groups is 1. The predicted molar refractivity (Wildman–Crippen MR) is 86.6 cm³/mol. The maximum absolute atomic E-state index is 13.1. The van der Waals surface area contributed by atoms with Crippen molar-refractivity contribution in [3.05, 3.63) is 48.3 Å². The molecule has 0 amide bonds. The van der Waals surface area contributed by atoms with E-state index in [0.717, 1.165) is 18.4 Å². The maximum atomic E-state index is 13.1. The highest BCUT2D eigenvalue weighted by Gasteiger charge is 2.56. The van der Waals surface area contributed by atoms with Crippen LogP contribution in [0.15, 0.2) is 36.9 Å². The molecule has 0 radical (unpaired) electrons. The molecule has 0 bridgehead atoms. The van der Waals surface area contributed by atoms with E-state index < -0.39 is 5.60 Å². The minimum absolute atomic E-state index is 0.0425. The highest BCUT2D eigenvalue weighted by atomic mass is 35.5. The molecule has 6 heteroatoms. The van der Waals surface area contributed by atoms with Gasteiger partial charge in [-0.1, -0.05) is 19.1 Å². The van der Waals surface area contributed by atoms with Crippen LogP contribution >= 0.6 is 11.6 Å². The van der Waals surface area contributed by atoms with Crippen molar-refractivity contribution >= 4 is 11.6 Å². The first kappa shape index (κ1) is 16.4. The molecule has 3 atom stereocenters. The van der Waals surface area contributed by atoms with Crippen LogP contribution in [-0.4, -0.2) is 31.4 Å². The van der Waals surface area contributed by atoms with Gasteiger partial charge in [0, 0.05) is 11.3 Å². The third-order valence-corrected chi connectivity index (χ3v) is 5.91. The van der Waals surface area contributed by atoms with Crippen molar-refractivity contribution in [2.45, 2.75) is 38.3 Å². The van der Waals surface area contributed by atoms with E-state index >= 15 is 0 Å². The van der Waals surface area contributed by atoms with E-state index in [1.54, 1.807) is 23.1 Å². The van der Waals surface area contributed by atoms with Gasteiger partial charge in [-0.3, -0.25) is 4.68 Å². The van der Waals surface area contributed by atoms with Crippen LogP contribution in [0.5, 0.6) is 0 Å². The maximum Gasteiger partial charge on any atom is 0.137 e. The molecule has 124 valence electrons. The summed E-state index contributed by atoms with van der Waals surface area (Å²) in [5, 5.41) is 15.6. The largest absolute Gasteiger partial charge is 0.387 e. The summed E-state index contributed by atoms with van der Waals surface area (Å²) in [5.41, 5.74) is -0.338. The summed E-state index contributed by atoms with van der Waals surface area (Å²) in [6.07, 6.45) is 5.50. The van der Waals surface area contributed by atoms with Gasteiger partial charge in [0.15, 0.2) is 0 Å². The Balaban J connectivity index is 1.87. The SMILES string of the molecule is CC1(CCl)CC[C@H](Cc2ccc(F)cc2)[C@@]1(O)Cn1cncn1. The van der Waals surface area contributed by atoms with Gasteiger partial charge in [0.05, 0.1) is 12.1 Å². The second kappa shape index (κ2) is 6.21. The molecular weight excluding hydrogens is 317 g/mol. The zero-order chi connectivity index (χ0) is 16.5. The minimum atomic E-state index is -0.975. The van der Waals surface area contributed by atoms with Crippen molar-refractivity contribution < 1.29 is 9.50 Å². The molecule has 1 saturated carbocycles. The number of benzene rings is 1. The average molecular weight is 338 g/mol. The Labute approximate surface area is 140 Å². The molecule has 23 heavy (non-hydrogen) atoms. The Hall–Kier alpha value is -1.46. The number of halogens is 2. The van der Waals surface area contributed by atoms with Crippen molar-refractivity contribution in [2.75, 3.05) is 5.88 Å². The van der Waals surface area contributed by atoms with Crippen LogP contribution in [0.25, 0.3) is 0 Å². The van der Waals surface area contributed by atoms with Crippen molar-refractivity contribution in [1.29, 1.82) is 0 Å². The first-order valence-corrected chi connectivity index (χ1v) is 8.35. The highest BCUT2D eigenvalue weighted by Crippen LogP contribution is 2.52. The van der Waals surface area contributed by atoms with E-state index in [0.29, 0.717) is 18.8 Å². The number of nitrogens with zero attached hydrogens (tertiary/aromatic N) is 3. The standard InChI is InChI=1S/C17H21ClFN3O/c1-16(9-18)7-6-14(8-13-2-4-15(19)5-3-13)17(16,23)10-22-12-20-11-21-22/h2-5,11-12,14,23H,6-10H2,1H3/t14-,16?,17+/m1/s1. The molecule has 1 N–H and O–H groups in total. The van der Waals surface area contributed by atoms with Crippen LogP contribution in [0, 0.1) is 17.2 Å². The summed E-state index contributed by atoms with van der Waals surface area (Å²) in [6, 6.07) is 6.48. The fourth-order valence-corrected chi connectivity index (χ4v) is 4.05. The van der Waals surface area contributed by atoms with Crippen LogP contribution in [0.3, 0.4) is 0 Å². The Kier molecular flexibility index (Phi) is 4.43. The van der Waals surface area contributed by atoms with Gasteiger partial charge >= 0.3 is 0 Å². The molecule has 1 heterocycles. The number of hydrogen-bond donors (Lipinski definition) is 1. The van der Waals surface area contributed by atoms with Gasteiger partial charge in [-0.2, -0.15) is 5.10 Å². The molecule has 1 aromatic carbocycles. The molecule has 1 aliphatic carbocycles. The molecule has 0 aliphatic heterocycles. The predicted octanol–water partition coefficient (Wildman–Crippen LogP) is 3.05. The third-order valence-electron chi connectivity index (χ3n) is 5.33. The van der Waals surface area contributed by atoms with Gasteiger partial charge in [0.25, 0.3) is 0 Å². The molecule has 0 spiro atoms. The molecule has 0 saturated heterocycles. The summed E-state index contributed by atoms with van der Waals surface area (Å²) in [7, 11) is 0. The number of hydrogen-bond acceptors (Lipinski definition) is 3. The van der Waals surface area contributed by atoms with E-state index in [4.69, 9.17) is 11.6 Å². The number of aromatic nitrogens is 3. The lowest BCUT2D eigenvalue weighted by atomic mass is 9.72. The number of alkyl halides is 1. The monoisotopic (exact) mass is 337 g/mol. The normalized spacial score (nSPS) is 30.7. The zero-order valence-corrected chi connectivity index (χ0v) is 13.9. The highest BCUT2D eigenvalue weighted by molar-refractivity contribution is 6.18. The smallest absolute Gasteiger partial charge is 0.137 e. The van der Waals surface area contributed by atoms with Crippen LogP contribution in [-0.2, 0) is 13.0 Å². The molecule has 4 nitrogen and oxygen atoms in total. The minimum Gasteiger partial charge on any atom is -0.387 e. The second-order valence-electron chi connectivity index (χ2n) is 6.78. The van der Waals surface area contributed by atoms with E-state index in [-0.39, 0.29) is 17.2 Å². The molecule has 2 aromatic rings. The molecule has 3 rings (SSSR count). The van der Waals surface area contributed by atoms with Gasteiger partial charge in [-0.05, 0) is 42.9 Å². The lowest BCUT2D eigenvalue weighted by Gasteiger charge is -2.42.